The van der Waals surface area contributed by atoms with E-state index in [0.717, 1.165) is 93.9 Å². The normalized spacial score (nSPS) is 11.6. The summed E-state index contributed by atoms with van der Waals surface area (Å²) < 4.78 is 13.2. The highest BCUT2D eigenvalue weighted by Crippen LogP contribution is 2.42. The Balaban J connectivity index is 1.17. The Morgan fingerprint density at radius 2 is 0.786 bits per heavy atom. The van der Waals surface area contributed by atoms with Gasteiger partial charge in [0.2, 0.25) is 0 Å². The van der Waals surface area contributed by atoms with Gasteiger partial charge < -0.3 is 8.83 Å². The molecule has 4 heterocycles. The molecule has 6 heteroatoms. The van der Waals surface area contributed by atoms with Gasteiger partial charge in [0.25, 0.3) is 0 Å². The van der Waals surface area contributed by atoms with Crippen LogP contribution in [-0.2, 0) is 0 Å². The summed E-state index contributed by atoms with van der Waals surface area (Å²) in [5, 5.41) is 4.28. The lowest BCUT2D eigenvalue weighted by molar-refractivity contribution is 0.670. The first-order chi connectivity index (χ1) is 27.7. The van der Waals surface area contributed by atoms with Crippen molar-refractivity contribution in [2.75, 3.05) is 0 Å². The summed E-state index contributed by atoms with van der Waals surface area (Å²) in [5.41, 5.74) is 11.9. The van der Waals surface area contributed by atoms with Crippen molar-refractivity contribution < 1.29 is 8.83 Å². The number of nitrogens with zero attached hydrogens (tertiary/aromatic N) is 4. The lowest BCUT2D eigenvalue weighted by atomic mass is 9.94. The minimum atomic E-state index is 0.553. The van der Waals surface area contributed by atoms with Crippen LogP contribution in [-0.4, -0.2) is 19.9 Å². The average molecular weight is 719 g/mol. The molecule has 0 fully saturated rings. The Labute approximate surface area is 321 Å². The maximum Gasteiger partial charge on any atom is 0.164 e. The van der Waals surface area contributed by atoms with Crippen LogP contribution >= 0.6 is 0 Å². The molecule has 0 amide bonds. The maximum absolute atomic E-state index is 6.58. The van der Waals surface area contributed by atoms with Crippen LogP contribution in [0.1, 0.15) is 0 Å². The predicted octanol–water partition coefficient (Wildman–Crippen LogP) is 13.1. The van der Waals surface area contributed by atoms with E-state index in [1.54, 1.807) is 6.20 Å². The van der Waals surface area contributed by atoms with Gasteiger partial charge in [0.05, 0.1) is 0 Å². The van der Waals surface area contributed by atoms with Crippen LogP contribution in [0.15, 0.2) is 191 Å². The van der Waals surface area contributed by atoms with Crippen molar-refractivity contribution in [1.29, 1.82) is 0 Å². The van der Waals surface area contributed by atoms with Gasteiger partial charge in [-0.3, -0.25) is 4.98 Å². The molecule has 0 bridgehead atoms. The van der Waals surface area contributed by atoms with E-state index >= 15 is 0 Å². The van der Waals surface area contributed by atoms with Crippen molar-refractivity contribution in [2.24, 2.45) is 0 Å². The van der Waals surface area contributed by atoms with Crippen molar-refractivity contribution in [3.8, 4) is 67.5 Å². The molecule has 11 rings (SSSR count). The van der Waals surface area contributed by atoms with Crippen LogP contribution < -0.4 is 0 Å². The Morgan fingerprint density at radius 1 is 0.321 bits per heavy atom. The SMILES string of the molecule is c1ccc(-c2nc(-c3cccc(-c4cccnc4)c3)nc(-c3cc(-c4cccc5c4oc4ccccc45)cc(-c4cccc5c4oc4ccccc45)c3)n2)cc1. The van der Waals surface area contributed by atoms with Crippen LogP contribution in [0.5, 0.6) is 0 Å². The predicted molar refractivity (Wildman–Crippen MR) is 225 cm³/mol. The number of fused-ring (bicyclic) bond motifs is 6. The smallest absolute Gasteiger partial charge is 0.164 e. The summed E-state index contributed by atoms with van der Waals surface area (Å²) in [5.74, 6) is 1.71. The summed E-state index contributed by atoms with van der Waals surface area (Å²) in [7, 11) is 0. The topological polar surface area (TPSA) is 77.8 Å². The highest BCUT2D eigenvalue weighted by molar-refractivity contribution is 6.11. The zero-order valence-corrected chi connectivity index (χ0v) is 29.9. The molecule has 0 N–H and O–H groups in total. The standard InChI is InChI=1S/C50H30N4O2/c1-2-12-31(13-3-1)48-52-49(33-15-8-14-32(26-33)34-16-11-25-51-30-34)54-50(53-48)37-28-35(38-19-9-21-42-40-17-4-6-23-44(40)55-46(38)42)27-36(29-37)39-20-10-22-43-41-18-5-7-24-45(41)56-47(39)43/h1-30H. The summed E-state index contributed by atoms with van der Waals surface area (Å²) in [6.07, 6.45) is 3.65. The van der Waals surface area contributed by atoms with Crippen LogP contribution in [0.3, 0.4) is 0 Å². The van der Waals surface area contributed by atoms with Crippen molar-refractivity contribution in [1.82, 2.24) is 19.9 Å². The molecule has 4 aromatic heterocycles. The van der Waals surface area contributed by atoms with E-state index in [-0.39, 0.29) is 0 Å². The number of para-hydroxylation sites is 4. The molecule has 0 aliphatic carbocycles. The molecule has 6 nitrogen and oxygen atoms in total. The number of pyridine rings is 1. The number of aromatic nitrogens is 4. The van der Waals surface area contributed by atoms with Gasteiger partial charge in [0.1, 0.15) is 22.3 Å². The molecule has 56 heavy (non-hydrogen) atoms. The molecule has 0 unspecified atom stereocenters. The van der Waals surface area contributed by atoms with Crippen LogP contribution in [0, 0.1) is 0 Å². The van der Waals surface area contributed by atoms with Crippen LogP contribution in [0.4, 0.5) is 0 Å². The zero-order chi connectivity index (χ0) is 37.0. The van der Waals surface area contributed by atoms with E-state index < -0.39 is 0 Å². The molecule has 0 aliphatic rings. The first-order valence-corrected chi connectivity index (χ1v) is 18.5. The van der Waals surface area contributed by atoms with E-state index in [2.05, 4.69) is 89.9 Å². The fraction of sp³-hybridized carbons (Fsp3) is 0. The van der Waals surface area contributed by atoms with Gasteiger partial charge in [0.15, 0.2) is 17.5 Å². The van der Waals surface area contributed by atoms with Crippen molar-refractivity contribution in [3.05, 3.63) is 182 Å². The van der Waals surface area contributed by atoms with E-state index in [1.807, 2.05) is 91.1 Å². The third kappa shape index (κ3) is 5.43. The van der Waals surface area contributed by atoms with E-state index in [1.165, 1.54) is 0 Å². The van der Waals surface area contributed by atoms with Gasteiger partial charge in [-0.25, -0.2) is 15.0 Å². The molecule has 0 aliphatic heterocycles. The second-order valence-corrected chi connectivity index (χ2v) is 13.9. The number of hydrogen-bond acceptors (Lipinski definition) is 6. The molecule has 0 saturated heterocycles. The highest BCUT2D eigenvalue weighted by Gasteiger charge is 2.19. The summed E-state index contributed by atoms with van der Waals surface area (Å²) in [4.78, 5) is 19.8. The third-order valence-electron chi connectivity index (χ3n) is 10.4. The maximum atomic E-state index is 6.58. The largest absolute Gasteiger partial charge is 0.455 e. The second-order valence-electron chi connectivity index (χ2n) is 13.9. The van der Waals surface area contributed by atoms with Crippen molar-refractivity contribution >= 4 is 43.9 Å². The van der Waals surface area contributed by atoms with Crippen molar-refractivity contribution in [2.45, 2.75) is 0 Å². The average Bonchev–Trinajstić information content (AvgIpc) is 3.86. The highest BCUT2D eigenvalue weighted by atomic mass is 16.3. The van der Waals surface area contributed by atoms with Crippen LogP contribution in [0.2, 0.25) is 0 Å². The number of hydrogen-bond donors (Lipinski definition) is 0. The fourth-order valence-electron chi connectivity index (χ4n) is 7.74. The summed E-state index contributed by atoms with van der Waals surface area (Å²) in [6, 6.07) is 57.9. The zero-order valence-electron chi connectivity index (χ0n) is 29.9. The molecule has 0 spiro atoms. The van der Waals surface area contributed by atoms with Gasteiger partial charge in [-0.1, -0.05) is 127 Å². The first kappa shape index (κ1) is 31.8. The quantitative estimate of drug-likeness (QED) is 0.170. The minimum Gasteiger partial charge on any atom is -0.455 e. The molecular formula is C50H30N4O2. The van der Waals surface area contributed by atoms with E-state index in [0.29, 0.717) is 17.5 Å². The lowest BCUT2D eigenvalue weighted by Gasteiger charge is -2.13. The van der Waals surface area contributed by atoms with Gasteiger partial charge in [-0.05, 0) is 59.2 Å². The molecular weight excluding hydrogens is 689 g/mol. The molecule has 7 aromatic carbocycles. The minimum absolute atomic E-state index is 0.553. The molecule has 262 valence electrons. The van der Waals surface area contributed by atoms with Gasteiger partial charge in [-0.2, -0.15) is 0 Å². The third-order valence-corrected chi connectivity index (χ3v) is 10.4. The summed E-state index contributed by atoms with van der Waals surface area (Å²) >= 11 is 0. The monoisotopic (exact) mass is 718 g/mol. The molecule has 0 saturated carbocycles. The molecule has 0 atom stereocenters. The lowest BCUT2D eigenvalue weighted by Crippen LogP contribution is -2.01. The molecule has 0 radical (unpaired) electrons. The Hall–Kier alpha value is -7.70. The van der Waals surface area contributed by atoms with Gasteiger partial charge in [-0.15, -0.1) is 0 Å². The van der Waals surface area contributed by atoms with Crippen LogP contribution in [0.25, 0.3) is 111 Å². The van der Waals surface area contributed by atoms with Gasteiger partial charge in [0, 0.05) is 67.3 Å². The Kier molecular flexibility index (Phi) is 7.38. The van der Waals surface area contributed by atoms with E-state index in [4.69, 9.17) is 23.8 Å². The number of rotatable bonds is 6. The van der Waals surface area contributed by atoms with Gasteiger partial charge >= 0.3 is 0 Å². The fourth-order valence-corrected chi connectivity index (χ4v) is 7.74. The Morgan fingerprint density at radius 3 is 1.41 bits per heavy atom. The number of furan rings is 2. The number of benzene rings is 7. The van der Waals surface area contributed by atoms with Crippen molar-refractivity contribution in [3.63, 3.8) is 0 Å². The summed E-state index contributed by atoms with van der Waals surface area (Å²) in [6.45, 7) is 0. The molecule has 11 aromatic rings. The Bertz CT molecular complexity index is 3130. The second kappa shape index (κ2) is 13.0. The van der Waals surface area contributed by atoms with E-state index in [9.17, 15) is 0 Å². The first-order valence-electron chi connectivity index (χ1n) is 18.5.